The van der Waals surface area contributed by atoms with Gasteiger partial charge in [0, 0.05) is 23.3 Å². The summed E-state index contributed by atoms with van der Waals surface area (Å²) in [7, 11) is 0. The molecule has 0 unspecified atom stereocenters. The summed E-state index contributed by atoms with van der Waals surface area (Å²) in [5.74, 6) is -0.159. The van der Waals surface area contributed by atoms with Gasteiger partial charge in [-0.3, -0.25) is 4.79 Å². The first-order valence-electron chi connectivity index (χ1n) is 8.15. The molecule has 0 fully saturated rings. The van der Waals surface area contributed by atoms with Crippen molar-refractivity contribution in [3.63, 3.8) is 0 Å². The van der Waals surface area contributed by atoms with Crippen LogP contribution in [0.2, 0.25) is 0 Å². The first-order valence-corrected chi connectivity index (χ1v) is 8.15. The standard InChI is InChI=1S/C21H17N3O/c1-14-8-9-16(12-15(14)2)20-13-18(21(25)24-11-5-10-22-24)17-6-3-4-7-19(17)23-20/h3-13H,1-2H3. The van der Waals surface area contributed by atoms with E-state index < -0.39 is 0 Å². The average Bonchev–Trinajstić information content (AvgIpc) is 3.17. The maximum atomic E-state index is 12.9. The van der Waals surface area contributed by atoms with E-state index in [1.807, 2.05) is 36.4 Å². The number of pyridine rings is 1. The van der Waals surface area contributed by atoms with E-state index >= 15 is 0 Å². The molecular weight excluding hydrogens is 310 g/mol. The topological polar surface area (TPSA) is 47.8 Å². The van der Waals surface area contributed by atoms with Crippen molar-refractivity contribution in [2.24, 2.45) is 0 Å². The molecule has 0 amide bonds. The van der Waals surface area contributed by atoms with Crippen LogP contribution in [-0.2, 0) is 0 Å². The van der Waals surface area contributed by atoms with Gasteiger partial charge in [-0.15, -0.1) is 0 Å². The summed E-state index contributed by atoms with van der Waals surface area (Å²) in [6.45, 7) is 4.16. The van der Waals surface area contributed by atoms with Crippen LogP contribution in [0.1, 0.15) is 21.5 Å². The highest BCUT2D eigenvalue weighted by atomic mass is 16.2. The lowest BCUT2D eigenvalue weighted by Gasteiger charge is -2.10. The van der Waals surface area contributed by atoms with Gasteiger partial charge in [-0.2, -0.15) is 5.10 Å². The SMILES string of the molecule is Cc1ccc(-c2cc(C(=O)n3cccn3)c3ccccc3n2)cc1C. The average molecular weight is 327 g/mol. The van der Waals surface area contributed by atoms with Crippen LogP contribution in [0.4, 0.5) is 0 Å². The Morgan fingerprint density at radius 1 is 0.960 bits per heavy atom. The molecule has 0 atom stereocenters. The second kappa shape index (κ2) is 5.98. The highest BCUT2D eigenvalue weighted by molar-refractivity contribution is 6.07. The van der Waals surface area contributed by atoms with Gasteiger partial charge in [-0.05, 0) is 49.2 Å². The van der Waals surface area contributed by atoms with Crippen LogP contribution in [0, 0.1) is 13.8 Å². The van der Waals surface area contributed by atoms with E-state index in [0.717, 1.165) is 22.2 Å². The highest BCUT2D eigenvalue weighted by Gasteiger charge is 2.16. The van der Waals surface area contributed by atoms with E-state index in [0.29, 0.717) is 5.56 Å². The molecule has 4 nitrogen and oxygen atoms in total. The summed E-state index contributed by atoms with van der Waals surface area (Å²) in [6, 6.07) is 17.5. The van der Waals surface area contributed by atoms with Gasteiger partial charge in [0.05, 0.1) is 16.8 Å². The van der Waals surface area contributed by atoms with Crippen molar-refractivity contribution in [1.29, 1.82) is 0 Å². The zero-order valence-corrected chi connectivity index (χ0v) is 14.1. The molecule has 0 saturated carbocycles. The normalized spacial score (nSPS) is 11.0. The number of aryl methyl sites for hydroxylation is 2. The van der Waals surface area contributed by atoms with Crippen LogP contribution in [-0.4, -0.2) is 20.7 Å². The minimum atomic E-state index is -0.159. The van der Waals surface area contributed by atoms with E-state index in [-0.39, 0.29) is 5.91 Å². The summed E-state index contributed by atoms with van der Waals surface area (Å²) in [5, 5.41) is 4.90. The van der Waals surface area contributed by atoms with Gasteiger partial charge in [-0.25, -0.2) is 9.67 Å². The number of hydrogen-bond acceptors (Lipinski definition) is 3. The van der Waals surface area contributed by atoms with E-state index in [1.54, 1.807) is 18.5 Å². The maximum absolute atomic E-state index is 12.9. The number of benzene rings is 2. The van der Waals surface area contributed by atoms with Gasteiger partial charge in [0.25, 0.3) is 5.91 Å². The zero-order chi connectivity index (χ0) is 17.4. The van der Waals surface area contributed by atoms with Crippen LogP contribution < -0.4 is 0 Å². The number of aromatic nitrogens is 3. The first kappa shape index (κ1) is 15.3. The molecule has 0 aliphatic carbocycles. The van der Waals surface area contributed by atoms with Crippen LogP contribution in [0.5, 0.6) is 0 Å². The van der Waals surface area contributed by atoms with Crippen molar-refractivity contribution in [1.82, 2.24) is 14.8 Å². The summed E-state index contributed by atoms with van der Waals surface area (Å²) in [5.41, 5.74) is 5.63. The number of fused-ring (bicyclic) bond motifs is 1. The fourth-order valence-electron chi connectivity index (χ4n) is 2.91. The van der Waals surface area contributed by atoms with Gasteiger partial charge in [0.15, 0.2) is 0 Å². The van der Waals surface area contributed by atoms with Crippen molar-refractivity contribution in [2.75, 3.05) is 0 Å². The lowest BCUT2D eigenvalue weighted by atomic mass is 10.0. The Balaban J connectivity index is 1.95. The summed E-state index contributed by atoms with van der Waals surface area (Å²) in [4.78, 5) is 17.7. The monoisotopic (exact) mass is 327 g/mol. The van der Waals surface area contributed by atoms with Gasteiger partial charge in [-0.1, -0.05) is 30.3 Å². The molecule has 4 aromatic rings. The van der Waals surface area contributed by atoms with E-state index in [2.05, 4.69) is 31.1 Å². The second-order valence-corrected chi connectivity index (χ2v) is 6.13. The number of carbonyl (C=O) groups is 1. The third-order valence-electron chi connectivity index (χ3n) is 4.46. The minimum absolute atomic E-state index is 0.159. The maximum Gasteiger partial charge on any atom is 0.278 e. The summed E-state index contributed by atoms with van der Waals surface area (Å²) in [6.07, 6.45) is 3.26. The van der Waals surface area contributed by atoms with Crippen LogP contribution in [0.3, 0.4) is 0 Å². The van der Waals surface area contributed by atoms with Crippen molar-refractivity contribution in [2.45, 2.75) is 13.8 Å². The van der Waals surface area contributed by atoms with Gasteiger partial charge < -0.3 is 0 Å². The van der Waals surface area contributed by atoms with Crippen LogP contribution in [0.25, 0.3) is 22.2 Å². The summed E-state index contributed by atoms with van der Waals surface area (Å²) >= 11 is 0. The number of rotatable bonds is 2. The lowest BCUT2D eigenvalue weighted by molar-refractivity contribution is 0.0946. The van der Waals surface area contributed by atoms with E-state index in [9.17, 15) is 4.79 Å². The molecule has 2 heterocycles. The Labute approximate surface area is 145 Å². The van der Waals surface area contributed by atoms with Gasteiger partial charge >= 0.3 is 0 Å². The molecule has 0 spiro atoms. The van der Waals surface area contributed by atoms with Crippen molar-refractivity contribution in [3.05, 3.63) is 83.7 Å². The number of para-hydroxylation sites is 1. The smallest absolute Gasteiger partial charge is 0.267 e. The molecular formula is C21H17N3O. The van der Waals surface area contributed by atoms with Gasteiger partial charge in [0.1, 0.15) is 0 Å². The van der Waals surface area contributed by atoms with Crippen LogP contribution in [0.15, 0.2) is 67.0 Å². The lowest BCUT2D eigenvalue weighted by Crippen LogP contribution is -2.13. The summed E-state index contributed by atoms with van der Waals surface area (Å²) < 4.78 is 1.35. The largest absolute Gasteiger partial charge is 0.278 e. The Morgan fingerprint density at radius 2 is 1.80 bits per heavy atom. The molecule has 122 valence electrons. The van der Waals surface area contributed by atoms with Crippen molar-refractivity contribution in [3.8, 4) is 11.3 Å². The molecule has 0 aliphatic heterocycles. The molecule has 25 heavy (non-hydrogen) atoms. The fourth-order valence-corrected chi connectivity index (χ4v) is 2.91. The van der Waals surface area contributed by atoms with Crippen LogP contribution >= 0.6 is 0 Å². The second-order valence-electron chi connectivity index (χ2n) is 6.13. The molecule has 0 aliphatic rings. The first-order chi connectivity index (χ1) is 12.1. The molecule has 0 N–H and O–H groups in total. The molecule has 0 bridgehead atoms. The fraction of sp³-hybridized carbons (Fsp3) is 0.0952. The van der Waals surface area contributed by atoms with E-state index in [1.165, 1.54) is 15.8 Å². The number of hydrogen-bond donors (Lipinski definition) is 0. The van der Waals surface area contributed by atoms with Crippen molar-refractivity contribution >= 4 is 16.8 Å². The Bertz CT molecular complexity index is 1080. The van der Waals surface area contributed by atoms with Crippen molar-refractivity contribution < 1.29 is 4.79 Å². The van der Waals surface area contributed by atoms with Gasteiger partial charge in [0.2, 0.25) is 0 Å². The Hall–Kier alpha value is -3.27. The zero-order valence-electron chi connectivity index (χ0n) is 14.1. The highest BCUT2D eigenvalue weighted by Crippen LogP contribution is 2.26. The molecule has 2 aromatic heterocycles. The minimum Gasteiger partial charge on any atom is -0.267 e. The Kier molecular flexibility index (Phi) is 3.65. The quantitative estimate of drug-likeness (QED) is 0.548. The Morgan fingerprint density at radius 3 is 2.56 bits per heavy atom. The molecule has 4 heteroatoms. The predicted molar refractivity (Wildman–Crippen MR) is 98.6 cm³/mol. The third-order valence-corrected chi connectivity index (χ3v) is 4.46. The number of nitrogens with zero attached hydrogens (tertiary/aromatic N) is 3. The van der Waals surface area contributed by atoms with E-state index in [4.69, 9.17) is 4.98 Å². The molecule has 4 rings (SSSR count). The third kappa shape index (κ3) is 2.72. The molecule has 0 radical (unpaired) electrons. The number of carbonyl (C=O) groups excluding carboxylic acids is 1. The predicted octanol–water partition coefficient (Wildman–Crippen LogP) is 4.40. The molecule has 0 saturated heterocycles. The molecule has 2 aromatic carbocycles.